The van der Waals surface area contributed by atoms with Gasteiger partial charge >= 0.3 is 5.69 Å². The van der Waals surface area contributed by atoms with E-state index in [2.05, 4.69) is 5.10 Å². The van der Waals surface area contributed by atoms with Crippen molar-refractivity contribution in [3.8, 4) is 5.75 Å². The smallest absolute Gasteiger partial charge is 0.311 e. The van der Waals surface area contributed by atoms with Crippen molar-refractivity contribution in [1.82, 2.24) is 9.78 Å². The Morgan fingerprint density at radius 2 is 2.19 bits per heavy atom. The van der Waals surface area contributed by atoms with Gasteiger partial charge in [-0.3, -0.25) is 19.6 Å². The highest BCUT2D eigenvalue weighted by Gasteiger charge is 2.16. The second-order valence-electron chi connectivity index (χ2n) is 4.48. The van der Waals surface area contributed by atoms with Gasteiger partial charge in [-0.05, 0) is 32.0 Å². The zero-order valence-corrected chi connectivity index (χ0v) is 11.8. The highest BCUT2D eigenvalue weighted by atomic mass is 16.6. The molecule has 0 radical (unpaired) electrons. The predicted molar refractivity (Wildman–Crippen MR) is 75.5 cm³/mol. The molecule has 0 atom stereocenters. The third kappa shape index (κ3) is 3.25. The first-order valence-corrected chi connectivity index (χ1v) is 6.45. The van der Waals surface area contributed by atoms with Crippen LogP contribution in [-0.2, 0) is 13.2 Å². The molecule has 1 aromatic heterocycles. The molecule has 7 heteroatoms. The van der Waals surface area contributed by atoms with E-state index < -0.39 is 4.92 Å². The molecule has 7 nitrogen and oxygen atoms in total. The zero-order chi connectivity index (χ0) is 15.4. The van der Waals surface area contributed by atoms with Gasteiger partial charge in [0.1, 0.15) is 12.9 Å². The molecule has 2 rings (SSSR count). The Balaban J connectivity index is 2.23. The van der Waals surface area contributed by atoms with Crippen molar-refractivity contribution >= 4 is 12.0 Å². The van der Waals surface area contributed by atoms with Crippen LogP contribution in [0.1, 0.15) is 28.7 Å². The summed E-state index contributed by atoms with van der Waals surface area (Å²) in [5, 5.41) is 15.3. The Morgan fingerprint density at radius 1 is 1.43 bits per heavy atom. The van der Waals surface area contributed by atoms with Gasteiger partial charge in [0.2, 0.25) is 0 Å². The molecule has 0 amide bonds. The Morgan fingerprint density at radius 3 is 2.81 bits per heavy atom. The second kappa shape index (κ2) is 6.17. The van der Waals surface area contributed by atoms with Gasteiger partial charge in [0, 0.05) is 18.2 Å². The molecule has 2 aromatic rings. The minimum atomic E-state index is -0.565. The van der Waals surface area contributed by atoms with Gasteiger partial charge in [-0.25, -0.2) is 0 Å². The summed E-state index contributed by atoms with van der Waals surface area (Å²) >= 11 is 0. The van der Waals surface area contributed by atoms with E-state index in [-0.39, 0.29) is 23.6 Å². The van der Waals surface area contributed by atoms with E-state index in [0.717, 1.165) is 11.4 Å². The van der Waals surface area contributed by atoms with Crippen LogP contribution < -0.4 is 4.74 Å². The van der Waals surface area contributed by atoms with Gasteiger partial charge in [0.15, 0.2) is 5.75 Å². The summed E-state index contributed by atoms with van der Waals surface area (Å²) in [5.41, 5.74) is 1.72. The number of carbonyl (C=O) groups is 1. The van der Waals surface area contributed by atoms with E-state index in [1.54, 1.807) is 4.68 Å². The van der Waals surface area contributed by atoms with Crippen LogP contribution in [-0.4, -0.2) is 21.0 Å². The molecule has 0 aliphatic carbocycles. The molecule has 0 saturated heterocycles. The largest absolute Gasteiger partial charge is 0.480 e. The van der Waals surface area contributed by atoms with Crippen LogP contribution >= 0.6 is 0 Å². The van der Waals surface area contributed by atoms with Crippen LogP contribution in [0.3, 0.4) is 0 Å². The minimum absolute atomic E-state index is 0.132. The van der Waals surface area contributed by atoms with Gasteiger partial charge in [0.05, 0.1) is 16.3 Å². The van der Waals surface area contributed by atoms with Crippen molar-refractivity contribution < 1.29 is 14.5 Å². The van der Waals surface area contributed by atoms with Crippen molar-refractivity contribution in [2.75, 3.05) is 0 Å². The molecular formula is C14H15N3O4. The number of aromatic nitrogens is 2. The van der Waals surface area contributed by atoms with Crippen LogP contribution in [0.5, 0.6) is 5.75 Å². The Hall–Kier alpha value is -2.70. The number of aryl methyl sites for hydroxylation is 2. The molecule has 0 fully saturated rings. The number of rotatable bonds is 6. The third-order valence-corrected chi connectivity index (χ3v) is 2.98. The van der Waals surface area contributed by atoms with Gasteiger partial charge in [-0.2, -0.15) is 5.10 Å². The van der Waals surface area contributed by atoms with Gasteiger partial charge < -0.3 is 4.74 Å². The number of carbonyl (C=O) groups excluding carboxylic acids is 1. The average molecular weight is 289 g/mol. The number of nitrogens with zero attached hydrogens (tertiary/aromatic N) is 3. The van der Waals surface area contributed by atoms with Crippen LogP contribution in [0.25, 0.3) is 0 Å². The topological polar surface area (TPSA) is 87.3 Å². The maximum atomic E-state index is 11.0. The van der Waals surface area contributed by atoms with Gasteiger partial charge in [-0.15, -0.1) is 0 Å². The predicted octanol–water partition coefficient (Wildman–Crippen LogP) is 2.51. The lowest BCUT2D eigenvalue weighted by Crippen LogP contribution is -2.07. The van der Waals surface area contributed by atoms with Gasteiger partial charge in [0.25, 0.3) is 0 Å². The molecule has 0 saturated carbocycles. The summed E-state index contributed by atoms with van der Waals surface area (Å²) in [6, 6.07) is 5.99. The van der Waals surface area contributed by atoms with Crippen LogP contribution in [0.2, 0.25) is 0 Å². The van der Waals surface area contributed by atoms with E-state index in [4.69, 9.17) is 4.74 Å². The fourth-order valence-electron chi connectivity index (χ4n) is 2.01. The lowest BCUT2D eigenvalue weighted by Gasteiger charge is -2.08. The molecule has 0 bridgehead atoms. The second-order valence-corrected chi connectivity index (χ2v) is 4.48. The van der Waals surface area contributed by atoms with Crippen molar-refractivity contribution in [2.45, 2.75) is 27.0 Å². The van der Waals surface area contributed by atoms with E-state index in [1.807, 2.05) is 19.9 Å². The van der Waals surface area contributed by atoms with Crippen LogP contribution in [0.15, 0.2) is 24.3 Å². The number of aldehydes is 1. The zero-order valence-electron chi connectivity index (χ0n) is 11.8. The first-order valence-electron chi connectivity index (χ1n) is 6.45. The molecule has 21 heavy (non-hydrogen) atoms. The van der Waals surface area contributed by atoms with Crippen molar-refractivity contribution in [1.29, 1.82) is 0 Å². The van der Waals surface area contributed by atoms with E-state index in [1.165, 1.54) is 18.2 Å². The van der Waals surface area contributed by atoms with E-state index >= 15 is 0 Å². The fraction of sp³-hybridized carbons (Fsp3) is 0.286. The summed E-state index contributed by atoms with van der Waals surface area (Å²) in [5.74, 6) is 0.132. The molecular weight excluding hydrogens is 274 g/mol. The summed E-state index contributed by atoms with van der Waals surface area (Å²) in [4.78, 5) is 21.1. The number of hydrogen-bond acceptors (Lipinski definition) is 5. The number of nitro benzene ring substituents is 1. The average Bonchev–Trinajstić information content (AvgIpc) is 2.84. The molecule has 110 valence electrons. The van der Waals surface area contributed by atoms with Crippen LogP contribution in [0, 0.1) is 17.0 Å². The lowest BCUT2D eigenvalue weighted by atomic mass is 10.2. The quantitative estimate of drug-likeness (QED) is 0.463. The number of hydrogen-bond donors (Lipinski definition) is 0. The van der Waals surface area contributed by atoms with Gasteiger partial charge in [-0.1, -0.05) is 0 Å². The normalized spacial score (nSPS) is 10.4. The molecule has 0 aliphatic heterocycles. The first-order chi connectivity index (χ1) is 10.0. The molecule has 0 spiro atoms. The Kier molecular flexibility index (Phi) is 4.32. The molecule has 0 N–H and O–H groups in total. The number of nitro groups is 1. The maximum absolute atomic E-state index is 11.0. The number of benzene rings is 1. The summed E-state index contributed by atoms with van der Waals surface area (Å²) in [7, 11) is 0. The fourth-order valence-corrected chi connectivity index (χ4v) is 2.01. The molecule has 0 aliphatic rings. The van der Waals surface area contributed by atoms with Crippen molar-refractivity contribution in [3.63, 3.8) is 0 Å². The highest BCUT2D eigenvalue weighted by molar-refractivity contribution is 5.77. The first kappa shape index (κ1) is 14.7. The molecule has 0 unspecified atom stereocenters. The van der Waals surface area contributed by atoms with E-state index in [9.17, 15) is 14.9 Å². The van der Waals surface area contributed by atoms with E-state index in [0.29, 0.717) is 12.8 Å². The summed E-state index contributed by atoms with van der Waals surface area (Å²) < 4.78 is 7.30. The number of ether oxygens (including phenoxy) is 1. The SMILES string of the molecule is CCn1nc(C)cc1COc1ccc(C=O)cc1[N+](=O)[O-]. The highest BCUT2D eigenvalue weighted by Crippen LogP contribution is 2.28. The van der Waals surface area contributed by atoms with Crippen molar-refractivity contribution in [2.24, 2.45) is 0 Å². The Labute approximate surface area is 121 Å². The summed E-state index contributed by atoms with van der Waals surface area (Å²) in [6.45, 7) is 4.70. The van der Waals surface area contributed by atoms with Crippen molar-refractivity contribution in [3.05, 3.63) is 51.3 Å². The molecule has 1 aromatic carbocycles. The standard InChI is InChI=1S/C14H15N3O4/c1-3-16-12(6-10(2)15-16)9-21-14-5-4-11(8-18)7-13(14)17(19)20/h4-8H,3,9H2,1-2H3. The Bertz CT molecular complexity index is 679. The maximum Gasteiger partial charge on any atom is 0.311 e. The molecule has 1 heterocycles. The summed E-state index contributed by atoms with van der Waals surface area (Å²) in [6.07, 6.45) is 0.562. The third-order valence-electron chi connectivity index (χ3n) is 2.98. The lowest BCUT2D eigenvalue weighted by molar-refractivity contribution is -0.386. The monoisotopic (exact) mass is 289 g/mol. The minimum Gasteiger partial charge on any atom is -0.480 e. The van der Waals surface area contributed by atoms with Crippen LogP contribution in [0.4, 0.5) is 5.69 Å².